The molecule has 4 rings (SSSR count). The molecule has 0 bridgehead atoms. The monoisotopic (exact) mass is 445 g/mol. The maximum absolute atomic E-state index is 10.0. The fraction of sp³-hybridized carbons (Fsp3) is 0.273. The summed E-state index contributed by atoms with van der Waals surface area (Å²) in [6.07, 6.45) is 5.88. The Balaban J connectivity index is 1.79. The van der Waals surface area contributed by atoms with E-state index in [9.17, 15) is 10.5 Å². The number of pyridine rings is 2. The minimum atomic E-state index is -0.103. The van der Waals surface area contributed by atoms with E-state index in [1.165, 1.54) is 18.0 Å². The molecule has 0 unspecified atom stereocenters. The van der Waals surface area contributed by atoms with Gasteiger partial charge < -0.3 is 14.7 Å². The number of thioether (sulfide) groups is 1. The normalized spacial score (nSPS) is 12.5. The lowest BCUT2D eigenvalue weighted by Gasteiger charge is -2.33. The number of aliphatic hydroxyl groups excluding tert-OH is 1. The minimum absolute atomic E-state index is 0.103. The van der Waals surface area contributed by atoms with E-state index in [1.54, 1.807) is 30.6 Å². The molecule has 3 aromatic heterocycles. The van der Waals surface area contributed by atoms with Gasteiger partial charge in [-0.1, -0.05) is 11.8 Å². The molecule has 10 heteroatoms. The van der Waals surface area contributed by atoms with Gasteiger partial charge in [-0.3, -0.25) is 4.98 Å². The van der Waals surface area contributed by atoms with Gasteiger partial charge in [0.2, 0.25) is 0 Å². The van der Waals surface area contributed by atoms with Crippen molar-refractivity contribution in [2.75, 3.05) is 31.2 Å². The number of nitriles is 2. The van der Waals surface area contributed by atoms with Crippen LogP contribution in [0.1, 0.15) is 23.4 Å². The number of ether oxygens (including phenoxy) is 1. The summed E-state index contributed by atoms with van der Waals surface area (Å²) in [5.74, 6) is 2.12. The Bertz CT molecular complexity index is 1170. The van der Waals surface area contributed by atoms with E-state index in [0.29, 0.717) is 50.6 Å². The van der Waals surface area contributed by atoms with E-state index in [2.05, 4.69) is 27.1 Å². The van der Waals surface area contributed by atoms with Crippen LogP contribution >= 0.6 is 11.8 Å². The summed E-state index contributed by atoms with van der Waals surface area (Å²) in [4.78, 5) is 19.6. The van der Waals surface area contributed by atoms with Gasteiger partial charge in [-0.25, -0.2) is 15.0 Å². The lowest BCUT2D eigenvalue weighted by atomic mass is 9.99. The molecular formula is C22H19N7O2S. The molecule has 0 radical (unpaired) electrons. The number of rotatable bonds is 8. The summed E-state index contributed by atoms with van der Waals surface area (Å²) in [5.41, 5.74) is 1.56. The fourth-order valence-corrected chi connectivity index (χ4v) is 4.05. The third kappa shape index (κ3) is 4.47. The lowest BCUT2D eigenvalue weighted by Crippen LogP contribution is -2.38. The molecule has 0 aromatic carbocycles. The fourth-order valence-electron chi connectivity index (χ4n) is 3.19. The summed E-state index contributed by atoms with van der Waals surface area (Å²) in [6, 6.07) is 9.62. The summed E-state index contributed by atoms with van der Waals surface area (Å²) in [6.45, 7) is 1.67. The van der Waals surface area contributed by atoms with Crippen molar-refractivity contribution >= 4 is 17.6 Å². The Morgan fingerprint density at radius 2 is 1.88 bits per heavy atom. The second kappa shape index (κ2) is 10.1. The Morgan fingerprint density at radius 1 is 1.09 bits per heavy atom. The number of hydrogen-bond acceptors (Lipinski definition) is 10. The number of aromatic nitrogens is 4. The van der Waals surface area contributed by atoms with Crippen molar-refractivity contribution < 1.29 is 9.84 Å². The highest BCUT2D eigenvalue weighted by Gasteiger charge is 2.27. The maximum Gasteiger partial charge on any atom is 0.148 e. The number of hydrogen-bond donors (Lipinski definition) is 1. The van der Waals surface area contributed by atoms with Gasteiger partial charge in [0.1, 0.15) is 46.7 Å². The predicted octanol–water partition coefficient (Wildman–Crippen LogP) is 2.55. The number of anilines is 1. The molecule has 0 amide bonds. The third-order valence-corrected chi connectivity index (χ3v) is 5.81. The predicted molar refractivity (Wildman–Crippen MR) is 118 cm³/mol. The van der Waals surface area contributed by atoms with Gasteiger partial charge in [-0.15, -0.1) is 0 Å². The second-order valence-electron chi connectivity index (χ2n) is 6.83. The zero-order chi connectivity index (χ0) is 22.3. The first-order valence-corrected chi connectivity index (χ1v) is 11.0. The quantitative estimate of drug-likeness (QED) is 0.516. The highest BCUT2D eigenvalue weighted by Crippen LogP contribution is 2.39. The lowest BCUT2D eigenvalue weighted by molar-refractivity contribution is 0.201. The SMILES string of the molecule is N#Cc1c(SCc2ncccn2)nc(N2CCC2)c(C#N)c1-c1ccc(OCCO)cn1. The Labute approximate surface area is 189 Å². The van der Waals surface area contributed by atoms with Crippen molar-refractivity contribution in [1.82, 2.24) is 19.9 Å². The molecule has 32 heavy (non-hydrogen) atoms. The van der Waals surface area contributed by atoms with Crippen molar-refractivity contribution in [2.24, 2.45) is 0 Å². The van der Waals surface area contributed by atoms with E-state index in [4.69, 9.17) is 14.8 Å². The van der Waals surface area contributed by atoms with Crippen LogP contribution < -0.4 is 9.64 Å². The van der Waals surface area contributed by atoms with Gasteiger partial charge in [0.25, 0.3) is 0 Å². The van der Waals surface area contributed by atoms with E-state index < -0.39 is 0 Å². The van der Waals surface area contributed by atoms with Gasteiger partial charge in [-0.05, 0) is 24.6 Å². The number of nitrogens with zero attached hydrogens (tertiary/aromatic N) is 7. The molecule has 1 saturated heterocycles. The average molecular weight is 446 g/mol. The minimum Gasteiger partial charge on any atom is -0.490 e. The standard InChI is InChI=1S/C22H19N7O2S/c23-11-16-20(18-4-3-15(13-27-18)31-10-9-30)17(12-24)22(28-21(16)29-7-2-8-29)32-14-19-25-5-1-6-26-19/h1,3-6,13,30H,2,7-10,14H2. The van der Waals surface area contributed by atoms with Crippen molar-refractivity contribution in [3.05, 3.63) is 53.7 Å². The highest BCUT2D eigenvalue weighted by atomic mass is 32.2. The van der Waals surface area contributed by atoms with Gasteiger partial charge in [0.15, 0.2) is 0 Å². The first-order chi connectivity index (χ1) is 15.7. The Morgan fingerprint density at radius 3 is 2.47 bits per heavy atom. The van der Waals surface area contributed by atoms with Crippen LogP contribution in [0.2, 0.25) is 0 Å². The van der Waals surface area contributed by atoms with Crippen LogP contribution in [0.25, 0.3) is 11.3 Å². The van der Waals surface area contributed by atoms with E-state index in [1.807, 2.05) is 4.90 Å². The number of aliphatic hydroxyl groups is 1. The van der Waals surface area contributed by atoms with Crippen LogP contribution in [0.5, 0.6) is 5.75 Å². The molecule has 4 heterocycles. The van der Waals surface area contributed by atoms with Crippen molar-refractivity contribution in [2.45, 2.75) is 17.2 Å². The van der Waals surface area contributed by atoms with E-state index >= 15 is 0 Å². The molecule has 160 valence electrons. The van der Waals surface area contributed by atoms with Crippen LogP contribution in [0, 0.1) is 22.7 Å². The summed E-state index contributed by atoms with van der Waals surface area (Å²) in [7, 11) is 0. The van der Waals surface area contributed by atoms with Crippen LogP contribution in [0.3, 0.4) is 0 Å². The smallest absolute Gasteiger partial charge is 0.148 e. The molecule has 0 aliphatic carbocycles. The topological polar surface area (TPSA) is 132 Å². The van der Waals surface area contributed by atoms with Crippen molar-refractivity contribution in [1.29, 1.82) is 10.5 Å². The Kier molecular flexibility index (Phi) is 6.75. The zero-order valence-electron chi connectivity index (χ0n) is 17.1. The summed E-state index contributed by atoms with van der Waals surface area (Å²) in [5, 5.41) is 29.4. The highest BCUT2D eigenvalue weighted by molar-refractivity contribution is 7.98. The van der Waals surface area contributed by atoms with Crippen LogP contribution in [0.15, 0.2) is 41.8 Å². The van der Waals surface area contributed by atoms with Gasteiger partial charge in [-0.2, -0.15) is 10.5 Å². The molecule has 1 N–H and O–H groups in total. The maximum atomic E-state index is 10.0. The Hall–Kier alpha value is -3.73. The molecular weight excluding hydrogens is 426 g/mol. The largest absolute Gasteiger partial charge is 0.490 e. The van der Waals surface area contributed by atoms with Crippen LogP contribution in [0.4, 0.5) is 5.82 Å². The zero-order valence-corrected chi connectivity index (χ0v) is 17.9. The first-order valence-electron chi connectivity index (χ1n) is 9.97. The molecule has 0 atom stereocenters. The second-order valence-corrected chi connectivity index (χ2v) is 7.80. The molecule has 1 aliphatic heterocycles. The van der Waals surface area contributed by atoms with E-state index in [0.717, 1.165) is 19.5 Å². The molecule has 1 fully saturated rings. The summed E-state index contributed by atoms with van der Waals surface area (Å²) < 4.78 is 5.38. The molecule has 0 saturated carbocycles. The van der Waals surface area contributed by atoms with Gasteiger partial charge >= 0.3 is 0 Å². The molecule has 3 aromatic rings. The third-order valence-electron chi connectivity index (χ3n) is 4.83. The molecule has 1 aliphatic rings. The summed E-state index contributed by atoms with van der Waals surface area (Å²) >= 11 is 1.36. The average Bonchev–Trinajstić information content (AvgIpc) is 2.80. The van der Waals surface area contributed by atoms with Crippen LogP contribution in [-0.4, -0.2) is 51.3 Å². The van der Waals surface area contributed by atoms with Crippen molar-refractivity contribution in [3.8, 4) is 29.1 Å². The van der Waals surface area contributed by atoms with Crippen LogP contribution in [-0.2, 0) is 5.75 Å². The first kappa shape index (κ1) is 21.5. The van der Waals surface area contributed by atoms with Crippen molar-refractivity contribution in [3.63, 3.8) is 0 Å². The van der Waals surface area contributed by atoms with Gasteiger partial charge in [0.05, 0.1) is 29.8 Å². The van der Waals surface area contributed by atoms with Gasteiger partial charge in [0, 0.05) is 31.0 Å². The molecule has 0 spiro atoms. The molecule has 9 nitrogen and oxygen atoms in total. The van der Waals surface area contributed by atoms with E-state index in [-0.39, 0.29) is 13.2 Å².